The number of hydrogen-bond donors (Lipinski definition) is 0. The number of carbonyl (C=O) groups excluding carboxylic acids is 1. The molecule has 29 heavy (non-hydrogen) atoms. The number of aryl methyl sites for hydroxylation is 1. The number of nitriles is 1. The van der Waals surface area contributed by atoms with E-state index in [2.05, 4.69) is 21.3 Å². The van der Waals surface area contributed by atoms with Crippen molar-refractivity contribution in [1.29, 1.82) is 5.26 Å². The zero-order valence-electron chi connectivity index (χ0n) is 16.1. The predicted molar refractivity (Wildman–Crippen MR) is 112 cm³/mol. The SMILES string of the molecule is CC(=O)N(c1ccccc1)c1nc(/C=C(\C#N)c2nnc3n2CCCCC3)cs1. The summed E-state index contributed by atoms with van der Waals surface area (Å²) in [7, 11) is 0. The maximum Gasteiger partial charge on any atom is 0.230 e. The minimum Gasteiger partial charge on any atom is -0.310 e. The highest BCUT2D eigenvalue weighted by atomic mass is 32.1. The van der Waals surface area contributed by atoms with Gasteiger partial charge in [0.25, 0.3) is 0 Å². The van der Waals surface area contributed by atoms with Gasteiger partial charge in [-0.05, 0) is 31.1 Å². The number of rotatable bonds is 4. The lowest BCUT2D eigenvalue weighted by atomic mass is 10.2. The van der Waals surface area contributed by atoms with E-state index in [0.29, 0.717) is 22.2 Å². The topological polar surface area (TPSA) is 87.7 Å². The molecule has 1 aliphatic rings. The lowest BCUT2D eigenvalue weighted by Gasteiger charge is -2.17. The summed E-state index contributed by atoms with van der Waals surface area (Å²) in [5, 5.41) is 20.7. The number of thiazole rings is 1. The van der Waals surface area contributed by atoms with Crippen LogP contribution in [0, 0.1) is 11.3 Å². The fourth-order valence-electron chi connectivity index (χ4n) is 3.43. The number of carbonyl (C=O) groups is 1. The molecule has 0 unspecified atom stereocenters. The first-order valence-corrected chi connectivity index (χ1v) is 10.4. The van der Waals surface area contributed by atoms with Gasteiger partial charge >= 0.3 is 0 Å². The molecule has 0 aliphatic carbocycles. The predicted octanol–water partition coefficient (Wildman–Crippen LogP) is 4.21. The quantitative estimate of drug-likeness (QED) is 0.608. The van der Waals surface area contributed by atoms with E-state index in [1.54, 1.807) is 11.0 Å². The van der Waals surface area contributed by atoms with E-state index in [1.807, 2.05) is 40.3 Å². The van der Waals surface area contributed by atoms with Gasteiger partial charge in [0.2, 0.25) is 5.91 Å². The number of para-hydroxylation sites is 1. The Hall–Kier alpha value is -3.31. The summed E-state index contributed by atoms with van der Waals surface area (Å²) in [4.78, 5) is 18.4. The van der Waals surface area contributed by atoms with Gasteiger partial charge in [-0.2, -0.15) is 5.26 Å². The zero-order valence-corrected chi connectivity index (χ0v) is 16.9. The first kappa shape index (κ1) is 19.0. The Morgan fingerprint density at radius 3 is 2.83 bits per heavy atom. The minimum absolute atomic E-state index is 0.121. The Labute approximate surface area is 173 Å². The van der Waals surface area contributed by atoms with E-state index in [4.69, 9.17) is 0 Å². The molecule has 1 aliphatic heterocycles. The Morgan fingerprint density at radius 1 is 1.24 bits per heavy atom. The van der Waals surface area contributed by atoms with Crippen LogP contribution in [0.1, 0.15) is 43.5 Å². The van der Waals surface area contributed by atoms with E-state index in [0.717, 1.165) is 43.7 Å². The smallest absolute Gasteiger partial charge is 0.230 e. The van der Waals surface area contributed by atoms with Crippen LogP contribution in [0.25, 0.3) is 11.6 Å². The van der Waals surface area contributed by atoms with Gasteiger partial charge in [-0.15, -0.1) is 21.5 Å². The average molecular weight is 404 g/mol. The molecule has 0 radical (unpaired) electrons. The van der Waals surface area contributed by atoms with Crippen molar-refractivity contribution in [3.63, 3.8) is 0 Å². The van der Waals surface area contributed by atoms with Crippen LogP contribution in [-0.4, -0.2) is 25.7 Å². The van der Waals surface area contributed by atoms with E-state index in [1.165, 1.54) is 18.3 Å². The van der Waals surface area contributed by atoms with Crippen molar-refractivity contribution in [3.8, 4) is 6.07 Å². The molecule has 0 saturated heterocycles. The van der Waals surface area contributed by atoms with Crippen LogP contribution in [0.2, 0.25) is 0 Å². The maximum atomic E-state index is 12.2. The highest BCUT2D eigenvalue weighted by Crippen LogP contribution is 2.30. The summed E-state index contributed by atoms with van der Waals surface area (Å²) in [5.41, 5.74) is 1.81. The number of anilines is 2. The standard InChI is InChI=1S/C21H20N6OS/c1-15(28)27(18-8-4-2-5-9-18)21-23-17(14-29-21)12-16(13-22)20-25-24-19-10-6-3-7-11-26(19)20/h2,4-5,8-9,12,14H,3,6-7,10-11H2,1H3/b16-12+. The van der Waals surface area contributed by atoms with Gasteiger partial charge in [-0.1, -0.05) is 24.6 Å². The number of hydrogen-bond acceptors (Lipinski definition) is 6. The zero-order chi connectivity index (χ0) is 20.2. The van der Waals surface area contributed by atoms with Crippen LogP contribution < -0.4 is 4.90 Å². The molecule has 0 bridgehead atoms. The molecule has 0 atom stereocenters. The summed E-state index contributed by atoms with van der Waals surface area (Å²) in [6, 6.07) is 11.6. The van der Waals surface area contributed by atoms with Crippen molar-refractivity contribution in [2.24, 2.45) is 0 Å². The fourth-order valence-corrected chi connectivity index (χ4v) is 4.27. The average Bonchev–Trinajstić information content (AvgIpc) is 3.27. The molecule has 0 fully saturated rings. The third-order valence-electron chi connectivity index (χ3n) is 4.79. The summed E-state index contributed by atoms with van der Waals surface area (Å²) in [6.07, 6.45) is 5.91. The molecule has 0 spiro atoms. The van der Waals surface area contributed by atoms with Crippen molar-refractivity contribution in [2.45, 2.75) is 39.2 Å². The summed E-state index contributed by atoms with van der Waals surface area (Å²) < 4.78 is 2.04. The number of aromatic nitrogens is 4. The number of benzene rings is 1. The molecule has 8 heteroatoms. The summed E-state index contributed by atoms with van der Waals surface area (Å²) >= 11 is 1.36. The van der Waals surface area contributed by atoms with Crippen LogP contribution in [0.4, 0.5) is 10.8 Å². The third kappa shape index (κ3) is 3.96. The molecule has 3 heterocycles. The maximum absolute atomic E-state index is 12.2. The van der Waals surface area contributed by atoms with Crippen molar-refractivity contribution >= 4 is 39.7 Å². The molecule has 7 nitrogen and oxygen atoms in total. The molecule has 1 aromatic carbocycles. The molecule has 1 amide bonds. The highest BCUT2D eigenvalue weighted by molar-refractivity contribution is 7.14. The number of fused-ring (bicyclic) bond motifs is 1. The van der Waals surface area contributed by atoms with Gasteiger partial charge < -0.3 is 4.57 Å². The van der Waals surface area contributed by atoms with Gasteiger partial charge in [0.15, 0.2) is 11.0 Å². The first-order chi connectivity index (χ1) is 14.2. The van der Waals surface area contributed by atoms with E-state index in [9.17, 15) is 10.1 Å². The molecule has 146 valence electrons. The lowest BCUT2D eigenvalue weighted by molar-refractivity contribution is -0.115. The number of allylic oxidation sites excluding steroid dienone is 1. The van der Waals surface area contributed by atoms with Crippen LogP contribution in [0.5, 0.6) is 0 Å². The minimum atomic E-state index is -0.121. The molecular weight excluding hydrogens is 384 g/mol. The van der Waals surface area contributed by atoms with Crippen LogP contribution in [0.3, 0.4) is 0 Å². The number of amides is 1. The Kier molecular flexibility index (Phi) is 5.49. The van der Waals surface area contributed by atoms with Gasteiger partial charge in [0, 0.05) is 25.3 Å². The van der Waals surface area contributed by atoms with Crippen LogP contribution in [0.15, 0.2) is 35.7 Å². The van der Waals surface area contributed by atoms with E-state index in [-0.39, 0.29) is 5.91 Å². The van der Waals surface area contributed by atoms with Crippen LogP contribution in [-0.2, 0) is 17.8 Å². The second kappa shape index (κ2) is 8.37. The second-order valence-corrected chi connectivity index (χ2v) is 7.65. The molecular formula is C21H20N6OS. The molecule has 3 aromatic rings. The fraction of sp³-hybridized carbons (Fsp3) is 0.286. The normalized spacial score (nSPS) is 14.0. The Morgan fingerprint density at radius 2 is 2.07 bits per heavy atom. The summed E-state index contributed by atoms with van der Waals surface area (Å²) in [6.45, 7) is 2.33. The molecule has 0 N–H and O–H groups in total. The van der Waals surface area contributed by atoms with Crippen LogP contribution >= 0.6 is 11.3 Å². The Bertz CT molecular complexity index is 1090. The van der Waals surface area contributed by atoms with Crippen molar-refractivity contribution < 1.29 is 4.79 Å². The van der Waals surface area contributed by atoms with E-state index >= 15 is 0 Å². The molecule has 0 saturated carbocycles. The molecule has 2 aromatic heterocycles. The van der Waals surface area contributed by atoms with E-state index < -0.39 is 0 Å². The highest BCUT2D eigenvalue weighted by Gasteiger charge is 2.20. The Balaban J connectivity index is 1.67. The second-order valence-electron chi connectivity index (χ2n) is 6.82. The largest absolute Gasteiger partial charge is 0.310 e. The van der Waals surface area contributed by atoms with Crippen molar-refractivity contribution in [2.75, 3.05) is 4.90 Å². The number of nitrogens with zero attached hydrogens (tertiary/aromatic N) is 6. The lowest BCUT2D eigenvalue weighted by Crippen LogP contribution is -2.22. The molecule has 4 rings (SSSR count). The van der Waals surface area contributed by atoms with Crippen molar-refractivity contribution in [1.82, 2.24) is 19.7 Å². The van der Waals surface area contributed by atoms with Gasteiger partial charge in [0.1, 0.15) is 11.9 Å². The first-order valence-electron chi connectivity index (χ1n) is 9.53. The van der Waals surface area contributed by atoms with Gasteiger partial charge in [0.05, 0.1) is 17.0 Å². The summed E-state index contributed by atoms with van der Waals surface area (Å²) in [5.74, 6) is 1.40. The van der Waals surface area contributed by atoms with Gasteiger partial charge in [-0.25, -0.2) is 4.98 Å². The monoisotopic (exact) mass is 404 g/mol. The van der Waals surface area contributed by atoms with Gasteiger partial charge in [-0.3, -0.25) is 9.69 Å². The third-order valence-corrected chi connectivity index (χ3v) is 5.64. The van der Waals surface area contributed by atoms with Crippen molar-refractivity contribution in [3.05, 3.63) is 53.1 Å².